The van der Waals surface area contributed by atoms with Crippen LogP contribution in [0.25, 0.3) is 21.9 Å². The molecule has 0 bridgehead atoms. The van der Waals surface area contributed by atoms with E-state index in [0.29, 0.717) is 0 Å². The molecule has 0 unspecified atom stereocenters. The lowest BCUT2D eigenvalue weighted by atomic mass is 9.92. The molecule has 0 aliphatic heterocycles. The van der Waals surface area contributed by atoms with Crippen molar-refractivity contribution in [1.82, 2.24) is 0 Å². The molecule has 0 fully saturated rings. The van der Waals surface area contributed by atoms with Gasteiger partial charge in [-0.05, 0) is 39.9 Å². The summed E-state index contributed by atoms with van der Waals surface area (Å²) in [6.45, 7) is 2.12. The number of rotatable bonds is 3. The molecule has 0 aliphatic rings. The SMILES string of the molecule is CCc1cc(C=O)ccc1-c1cccc2ccccc12. The molecule has 0 spiro atoms. The second-order valence-corrected chi connectivity index (χ2v) is 4.91. The lowest BCUT2D eigenvalue weighted by Gasteiger charge is -2.12. The van der Waals surface area contributed by atoms with Gasteiger partial charge in [0.05, 0.1) is 0 Å². The molecule has 0 N–H and O–H groups in total. The molecule has 0 atom stereocenters. The van der Waals surface area contributed by atoms with Gasteiger partial charge in [0.1, 0.15) is 6.29 Å². The minimum atomic E-state index is 0.742. The standard InChI is InChI=1S/C19H16O/c1-2-15-12-14(13-20)10-11-18(15)19-9-5-7-16-6-3-4-8-17(16)19/h3-13H,2H2,1H3. The van der Waals surface area contributed by atoms with E-state index in [9.17, 15) is 4.79 Å². The zero-order valence-corrected chi connectivity index (χ0v) is 11.5. The fourth-order valence-corrected chi connectivity index (χ4v) is 2.70. The second kappa shape index (κ2) is 5.30. The Bertz CT molecular complexity index is 766. The van der Waals surface area contributed by atoms with Crippen LogP contribution in [0.2, 0.25) is 0 Å². The minimum absolute atomic E-state index is 0.742. The lowest BCUT2D eigenvalue weighted by Crippen LogP contribution is -1.91. The van der Waals surface area contributed by atoms with Crippen LogP contribution in [0, 0.1) is 0 Å². The number of fused-ring (bicyclic) bond motifs is 1. The van der Waals surface area contributed by atoms with Gasteiger partial charge in [-0.2, -0.15) is 0 Å². The highest BCUT2D eigenvalue weighted by atomic mass is 16.1. The first kappa shape index (κ1) is 12.6. The average Bonchev–Trinajstić information content (AvgIpc) is 2.53. The zero-order valence-electron chi connectivity index (χ0n) is 11.5. The molecule has 0 radical (unpaired) electrons. The van der Waals surface area contributed by atoms with E-state index in [1.54, 1.807) is 0 Å². The van der Waals surface area contributed by atoms with Gasteiger partial charge in [-0.1, -0.05) is 61.5 Å². The van der Waals surface area contributed by atoms with Crippen LogP contribution < -0.4 is 0 Å². The highest BCUT2D eigenvalue weighted by molar-refractivity contribution is 5.97. The molecule has 0 saturated heterocycles. The maximum atomic E-state index is 10.9. The summed E-state index contributed by atoms with van der Waals surface area (Å²) in [7, 11) is 0. The van der Waals surface area contributed by atoms with Crippen molar-refractivity contribution in [3.8, 4) is 11.1 Å². The van der Waals surface area contributed by atoms with Gasteiger partial charge in [0.2, 0.25) is 0 Å². The van der Waals surface area contributed by atoms with Crippen molar-refractivity contribution >= 4 is 17.1 Å². The largest absolute Gasteiger partial charge is 0.298 e. The van der Waals surface area contributed by atoms with E-state index < -0.39 is 0 Å². The van der Waals surface area contributed by atoms with Crippen LogP contribution >= 0.6 is 0 Å². The monoisotopic (exact) mass is 260 g/mol. The van der Waals surface area contributed by atoms with Crippen LogP contribution in [-0.4, -0.2) is 6.29 Å². The number of hydrogen-bond donors (Lipinski definition) is 0. The average molecular weight is 260 g/mol. The van der Waals surface area contributed by atoms with Crippen molar-refractivity contribution in [3.05, 3.63) is 71.8 Å². The smallest absolute Gasteiger partial charge is 0.150 e. The van der Waals surface area contributed by atoms with Gasteiger partial charge in [-0.15, -0.1) is 0 Å². The first-order valence-electron chi connectivity index (χ1n) is 6.89. The molecule has 1 nitrogen and oxygen atoms in total. The van der Waals surface area contributed by atoms with E-state index >= 15 is 0 Å². The maximum Gasteiger partial charge on any atom is 0.150 e. The number of aryl methyl sites for hydroxylation is 1. The Morgan fingerprint density at radius 1 is 0.900 bits per heavy atom. The summed E-state index contributed by atoms with van der Waals surface area (Å²) >= 11 is 0. The first-order chi connectivity index (χ1) is 9.83. The molecule has 3 aromatic rings. The third-order valence-corrected chi connectivity index (χ3v) is 3.73. The molecule has 0 aromatic heterocycles. The van der Waals surface area contributed by atoms with Gasteiger partial charge >= 0.3 is 0 Å². The fraction of sp³-hybridized carbons (Fsp3) is 0.105. The Kier molecular flexibility index (Phi) is 3.34. The van der Waals surface area contributed by atoms with Gasteiger partial charge in [0.15, 0.2) is 0 Å². The van der Waals surface area contributed by atoms with Gasteiger partial charge in [0, 0.05) is 5.56 Å². The summed E-state index contributed by atoms with van der Waals surface area (Å²) in [6, 6.07) is 20.7. The van der Waals surface area contributed by atoms with Crippen molar-refractivity contribution < 1.29 is 4.79 Å². The van der Waals surface area contributed by atoms with E-state index in [4.69, 9.17) is 0 Å². The molecular formula is C19H16O. The Labute approximate surface area is 118 Å². The second-order valence-electron chi connectivity index (χ2n) is 4.91. The highest BCUT2D eigenvalue weighted by Gasteiger charge is 2.08. The number of hydrogen-bond acceptors (Lipinski definition) is 1. The van der Waals surface area contributed by atoms with Crippen molar-refractivity contribution in [2.75, 3.05) is 0 Å². The maximum absolute atomic E-state index is 10.9. The van der Waals surface area contributed by atoms with Crippen LogP contribution in [0.1, 0.15) is 22.8 Å². The molecular weight excluding hydrogens is 244 g/mol. The van der Waals surface area contributed by atoms with Crippen LogP contribution in [-0.2, 0) is 6.42 Å². The van der Waals surface area contributed by atoms with Crippen molar-refractivity contribution in [3.63, 3.8) is 0 Å². The van der Waals surface area contributed by atoms with Gasteiger partial charge in [0.25, 0.3) is 0 Å². The van der Waals surface area contributed by atoms with Crippen molar-refractivity contribution in [2.45, 2.75) is 13.3 Å². The summed E-state index contributed by atoms with van der Waals surface area (Å²) in [5, 5.41) is 2.50. The molecule has 98 valence electrons. The number of benzene rings is 3. The van der Waals surface area contributed by atoms with E-state index in [1.807, 2.05) is 12.1 Å². The molecule has 0 heterocycles. The molecule has 0 aliphatic carbocycles. The molecule has 3 aromatic carbocycles. The predicted molar refractivity (Wildman–Crippen MR) is 84.1 cm³/mol. The summed E-state index contributed by atoms with van der Waals surface area (Å²) in [5.41, 5.74) is 4.41. The van der Waals surface area contributed by atoms with Gasteiger partial charge < -0.3 is 0 Å². The minimum Gasteiger partial charge on any atom is -0.298 e. The van der Waals surface area contributed by atoms with Crippen molar-refractivity contribution in [1.29, 1.82) is 0 Å². The molecule has 0 amide bonds. The summed E-state index contributed by atoms with van der Waals surface area (Å²) in [4.78, 5) is 10.9. The van der Waals surface area contributed by atoms with E-state index in [2.05, 4.69) is 55.5 Å². The van der Waals surface area contributed by atoms with Gasteiger partial charge in [-0.25, -0.2) is 0 Å². The molecule has 20 heavy (non-hydrogen) atoms. The first-order valence-corrected chi connectivity index (χ1v) is 6.89. The number of carbonyl (C=O) groups is 1. The molecule has 1 heteroatoms. The van der Waals surface area contributed by atoms with E-state index in [0.717, 1.165) is 18.3 Å². The Hall–Kier alpha value is -2.41. The number of aldehydes is 1. The normalized spacial score (nSPS) is 10.7. The van der Waals surface area contributed by atoms with Crippen LogP contribution in [0.3, 0.4) is 0 Å². The van der Waals surface area contributed by atoms with E-state index in [1.165, 1.54) is 27.5 Å². The molecule has 3 rings (SSSR count). The quantitative estimate of drug-likeness (QED) is 0.613. The summed E-state index contributed by atoms with van der Waals surface area (Å²) in [5.74, 6) is 0. The van der Waals surface area contributed by atoms with Crippen LogP contribution in [0.5, 0.6) is 0 Å². The Morgan fingerprint density at radius 2 is 1.70 bits per heavy atom. The molecule has 0 saturated carbocycles. The highest BCUT2D eigenvalue weighted by Crippen LogP contribution is 2.31. The predicted octanol–water partition coefficient (Wildman–Crippen LogP) is 4.88. The Morgan fingerprint density at radius 3 is 2.50 bits per heavy atom. The zero-order chi connectivity index (χ0) is 13.9. The van der Waals surface area contributed by atoms with Crippen molar-refractivity contribution in [2.24, 2.45) is 0 Å². The van der Waals surface area contributed by atoms with Gasteiger partial charge in [-0.3, -0.25) is 4.79 Å². The van der Waals surface area contributed by atoms with Crippen LogP contribution in [0.4, 0.5) is 0 Å². The number of carbonyl (C=O) groups excluding carboxylic acids is 1. The Balaban J connectivity index is 2.28. The summed E-state index contributed by atoms with van der Waals surface area (Å²) < 4.78 is 0. The fourth-order valence-electron chi connectivity index (χ4n) is 2.70. The van der Waals surface area contributed by atoms with Crippen LogP contribution in [0.15, 0.2) is 60.7 Å². The van der Waals surface area contributed by atoms with E-state index in [-0.39, 0.29) is 0 Å². The third-order valence-electron chi connectivity index (χ3n) is 3.73. The summed E-state index contributed by atoms with van der Waals surface area (Å²) in [6.07, 6.45) is 1.83. The topological polar surface area (TPSA) is 17.1 Å². The lowest BCUT2D eigenvalue weighted by molar-refractivity contribution is 0.112. The third kappa shape index (κ3) is 2.12.